The van der Waals surface area contributed by atoms with Gasteiger partial charge in [-0.1, -0.05) is 32.0 Å². The molecule has 1 amide bonds. The van der Waals surface area contributed by atoms with Crippen LogP contribution in [0.3, 0.4) is 0 Å². The molecule has 0 heterocycles. The van der Waals surface area contributed by atoms with E-state index in [0.717, 1.165) is 45.0 Å². The molecule has 1 unspecified atom stereocenters. The Bertz CT molecular complexity index is 564. The van der Waals surface area contributed by atoms with Gasteiger partial charge in [-0.3, -0.25) is 9.79 Å². The molecule has 29 heavy (non-hydrogen) atoms. The van der Waals surface area contributed by atoms with Crippen LogP contribution in [0.1, 0.15) is 57.3 Å². The number of guanidine groups is 1. The SMILES string of the molecule is CCNC(=NCCCNC(=O)c1ccccc1)NC(C)CCCN(CC)CC.I. The molecular formula is C22H40IN5O. The number of nitrogens with zero attached hydrogens (tertiary/aromatic N) is 2. The van der Waals surface area contributed by atoms with Gasteiger partial charge in [0.1, 0.15) is 0 Å². The van der Waals surface area contributed by atoms with Gasteiger partial charge in [0.25, 0.3) is 5.91 Å². The van der Waals surface area contributed by atoms with E-state index in [1.54, 1.807) is 0 Å². The Kier molecular flexibility index (Phi) is 16.7. The highest BCUT2D eigenvalue weighted by atomic mass is 127. The van der Waals surface area contributed by atoms with E-state index in [0.29, 0.717) is 24.7 Å². The number of aliphatic imine (C=N–C) groups is 1. The molecular weight excluding hydrogens is 477 g/mol. The van der Waals surface area contributed by atoms with Crippen molar-refractivity contribution in [2.24, 2.45) is 4.99 Å². The molecule has 1 aromatic rings. The molecule has 6 nitrogen and oxygen atoms in total. The zero-order valence-electron chi connectivity index (χ0n) is 18.5. The van der Waals surface area contributed by atoms with Gasteiger partial charge in [-0.2, -0.15) is 0 Å². The average Bonchev–Trinajstić information content (AvgIpc) is 2.71. The Morgan fingerprint density at radius 1 is 1.07 bits per heavy atom. The van der Waals surface area contributed by atoms with Crippen molar-refractivity contribution >= 4 is 35.8 Å². The summed E-state index contributed by atoms with van der Waals surface area (Å²) in [6, 6.07) is 9.68. The molecule has 0 spiro atoms. The zero-order valence-corrected chi connectivity index (χ0v) is 20.9. The van der Waals surface area contributed by atoms with E-state index in [4.69, 9.17) is 0 Å². The molecule has 1 rings (SSSR count). The van der Waals surface area contributed by atoms with Crippen LogP contribution in [-0.2, 0) is 0 Å². The van der Waals surface area contributed by atoms with Crippen LogP contribution >= 0.6 is 24.0 Å². The Morgan fingerprint density at radius 3 is 2.38 bits per heavy atom. The summed E-state index contributed by atoms with van der Waals surface area (Å²) < 4.78 is 0. The first kappa shape index (κ1) is 27.6. The zero-order chi connectivity index (χ0) is 20.6. The van der Waals surface area contributed by atoms with E-state index in [1.165, 1.54) is 6.42 Å². The number of carbonyl (C=O) groups excluding carboxylic acids is 1. The highest BCUT2D eigenvalue weighted by Gasteiger charge is 2.07. The van der Waals surface area contributed by atoms with Crippen molar-refractivity contribution in [3.8, 4) is 0 Å². The normalized spacial score (nSPS) is 12.2. The average molecular weight is 518 g/mol. The molecule has 1 atom stereocenters. The minimum Gasteiger partial charge on any atom is -0.357 e. The number of carbonyl (C=O) groups is 1. The molecule has 0 radical (unpaired) electrons. The molecule has 0 aliphatic rings. The molecule has 3 N–H and O–H groups in total. The lowest BCUT2D eigenvalue weighted by Gasteiger charge is -2.21. The van der Waals surface area contributed by atoms with E-state index in [2.05, 4.69) is 53.5 Å². The summed E-state index contributed by atoms with van der Waals surface area (Å²) in [5.74, 6) is 0.823. The molecule has 0 aromatic heterocycles. The van der Waals surface area contributed by atoms with Gasteiger partial charge >= 0.3 is 0 Å². The molecule has 7 heteroatoms. The first-order valence-corrected chi connectivity index (χ1v) is 10.7. The van der Waals surface area contributed by atoms with Crippen molar-refractivity contribution < 1.29 is 4.79 Å². The molecule has 0 bridgehead atoms. The standard InChI is InChI=1S/C22H39N5O.HI/c1-5-23-22(26-19(4)13-11-18-27(6-2)7-3)25-17-12-16-24-21(28)20-14-9-8-10-15-20;/h8-10,14-15,19H,5-7,11-13,16-18H2,1-4H3,(H,24,28)(H2,23,25,26);1H. The van der Waals surface area contributed by atoms with E-state index < -0.39 is 0 Å². The number of nitrogens with one attached hydrogen (secondary N) is 3. The van der Waals surface area contributed by atoms with Gasteiger partial charge in [-0.25, -0.2) is 0 Å². The fourth-order valence-electron chi connectivity index (χ4n) is 2.95. The minimum atomic E-state index is -0.0311. The second kappa shape index (κ2) is 17.5. The molecule has 0 aliphatic carbocycles. The maximum absolute atomic E-state index is 12.0. The van der Waals surface area contributed by atoms with Gasteiger partial charge in [0.05, 0.1) is 0 Å². The van der Waals surface area contributed by atoms with Gasteiger partial charge in [0, 0.05) is 31.2 Å². The topological polar surface area (TPSA) is 68.8 Å². The smallest absolute Gasteiger partial charge is 0.251 e. The highest BCUT2D eigenvalue weighted by molar-refractivity contribution is 14.0. The Hall–Kier alpha value is -1.35. The van der Waals surface area contributed by atoms with Crippen LogP contribution in [0.15, 0.2) is 35.3 Å². The third kappa shape index (κ3) is 12.7. The highest BCUT2D eigenvalue weighted by Crippen LogP contribution is 2.00. The van der Waals surface area contributed by atoms with Crippen LogP contribution < -0.4 is 16.0 Å². The third-order valence-corrected chi connectivity index (χ3v) is 4.66. The van der Waals surface area contributed by atoms with Gasteiger partial charge in [-0.15, -0.1) is 24.0 Å². The number of amides is 1. The van der Waals surface area contributed by atoms with Gasteiger partial charge in [-0.05, 0) is 64.9 Å². The summed E-state index contributed by atoms with van der Waals surface area (Å²) in [6.07, 6.45) is 3.11. The Balaban J connectivity index is 0.00000784. The molecule has 0 fully saturated rings. The van der Waals surface area contributed by atoms with Crippen LogP contribution in [0.4, 0.5) is 0 Å². The molecule has 0 aliphatic heterocycles. The fraction of sp³-hybridized carbons (Fsp3) is 0.636. The second-order valence-corrected chi connectivity index (χ2v) is 6.95. The van der Waals surface area contributed by atoms with Crippen LogP contribution in [0.5, 0.6) is 0 Å². The predicted molar refractivity (Wildman–Crippen MR) is 134 cm³/mol. The minimum absolute atomic E-state index is 0. The summed E-state index contributed by atoms with van der Waals surface area (Å²) in [5, 5.41) is 9.73. The lowest BCUT2D eigenvalue weighted by atomic mass is 10.2. The Labute approximate surface area is 194 Å². The van der Waals surface area contributed by atoms with Crippen LogP contribution in [0.25, 0.3) is 0 Å². The molecule has 166 valence electrons. The van der Waals surface area contributed by atoms with Crippen LogP contribution in [0.2, 0.25) is 0 Å². The van der Waals surface area contributed by atoms with Crippen molar-refractivity contribution in [1.82, 2.24) is 20.9 Å². The van der Waals surface area contributed by atoms with Crippen molar-refractivity contribution in [3.63, 3.8) is 0 Å². The fourth-order valence-corrected chi connectivity index (χ4v) is 2.95. The van der Waals surface area contributed by atoms with Gasteiger partial charge < -0.3 is 20.9 Å². The first-order valence-electron chi connectivity index (χ1n) is 10.7. The lowest BCUT2D eigenvalue weighted by Crippen LogP contribution is -2.42. The lowest BCUT2D eigenvalue weighted by molar-refractivity contribution is 0.0953. The van der Waals surface area contributed by atoms with E-state index in [-0.39, 0.29) is 29.9 Å². The van der Waals surface area contributed by atoms with E-state index >= 15 is 0 Å². The quantitative estimate of drug-likeness (QED) is 0.162. The number of hydrogen-bond acceptors (Lipinski definition) is 3. The summed E-state index contributed by atoms with van der Waals surface area (Å²) in [5.41, 5.74) is 0.694. The van der Waals surface area contributed by atoms with Crippen molar-refractivity contribution in [2.45, 2.75) is 53.0 Å². The summed E-state index contributed by atoms with van der Waals surface area (Å²) in [7, 11) is 0. The number of rotatable bonds is 13. The molecule has 0 saturated carbocycles. The van der Waals surface area contributed by atoms with Crippen LogP contribution in [0, 0.1) is 0 Å². The predicted octanol–water partition coefficient (Wildman–Crippen LogP) is 3.49. The number of halogens is 1. The summed E-state index contributed by atoms with van der Waals surface area (Å²) in [6.45, 7) is 14.2. The van der Waals surface area contributed by atoms with Crippen molar-refractivity contribution in [3.05, 3.63) is 35.9 Å². The molecule has 0 saturated heterocycles. The monoisotopic (exact) mass is 517 g/mol. The van der Waals surface area contributed by atoms with Crippen molar-refractivity contribution in [1.29, 1.82) is 0 Å². The third-order valence-electron chi connectivity index (χ3n) is 4.66. The van der Waals surface area contributed by atoms with Gasteiger partial charge in [0.2, 0.25) is 0 Å². The molecule has 1 aromatic carbocycles. The summed E-state index contributed by atoms with van der Waals surface area (Å²) in [4.78, 5) is 19.1. The van der Waals surface area contributed by atoms with Crippen molar-refractivity contribution in [2.75, 3.05) is 39.3 Å². The number of hydrogen-bond donors (Lipinski definition) is 3. The Morgan fingerprint density at radius 2 is 1.76 bits per heavy atom. The maximum Gasteiger partial charge on any atom is 0.251 e. The van der Waals surface area contributed by atoms with E-state index in [9.17, 15) is 4.79 Å². The second-order valence-electron chi connectivity index (χ2n) is 6.95. The first-order chi connectivity index (χ1) is 13.6. The van der Waals surface area contributed by atoms with Crippen LogP contribution in [-0.4, -0.2) is 62.1 Å². The summed E-state index contributed by atoms with van der Waals surface area (Å²) >= 11 is 0. The number of benzene rings is 1. The maximum atomic E-state index is 12.0. The van der Waals surface area contributed by atoms with E-state index in [1.807, 2.05) is 30.3 Å². The van der Waals surface area contributed by atoms with Gasteiger partial charge in [0.15, 0.2) is 5.96 Å². The largest absolute Gasteiger partial charge is 0.357 e.